The Kier molecular flexibility index (Phi) is 5.32. The Morgan fingerprint density at radius 1 is 1.25 bits per heavy atom. The van der Waals surface area contributed by atoms with E-state index in [0.717, 1.165) is 13.0 Å². The first kappa shape index (κ1) is 9.96. The van der Waals surface area contributed by atoms with Gasteiger partial charge in [-0.2, -0.15) is 0 Å². The molecule has 0 aliphatic carbocycles. The molecule has 72 valence electrons. The number of hydrogen-bond acceptors (Lipinski definition) is 3. The average Bonchev–Trinajstić information content (AvgIpc) is 2.81. The van der Waals surface area contributed by atoms with Gasteiger partial charge in [0.2, 0.25) is 0 Å². The summed E-state index contributed by atoms with van der Waals surface area (Å²) in [5, 5.41) is 3.22. The highest BCUT2D eigenvalue weighted by molar-refractivity contribution is 4.63. The molecule has 3 N–H and O–H groups in total. The molecule has 2 rings (SSSR count). The predicted molar refractivity (Wildman–Crippen MR) is 50.1 cm³/mol. The van der Waals surface area contributed by atoms with Gasteiger partial charge in [-0.05, 0) is 38.8 Å². The van der Waals surface area contributed by atoms with Crippen LogP contribution in [0, 0.1) is 0 Å². The largest absolute Gasteiger partial charge is 0.377 e. The Hall–Kier alpha value is -0.120. The molecule has 0 aromatic rings. The average molecular weight is 172 g/mol. The summed E-state index contributed by atoms with van der Waals surface area (Å²) in [7, 11) is 0. The van der Waals surface area contributed by atoms with Gasteiger partial charge >= 0.3 is 0 Å². The third kappa shape index (κ3) is 4.04. The van der Waals surface area contributed by atoms with Crippen LogP contribution in [0.15, 0.2) is 0 Å². The van der Waals surface area contributed by atoms with E-state index in [9.17, 15) is 0 Å². The molecular weight excluding hydrogens is 152 g/mol. The zero-order valence-corrected chi connectivity index (χ0v) is 7.72. The van der Waals surface area contributed by atoms with Crippen LogP contribution in [0.5, 0.6) is 0 Å². The maximum Gasteiger partial charge on any atom is 0.0698 e. The third-order valence-electron chi connectivity index (χ3n) is 2.24. The van der Waals surface area contributed by atoms with Crippen molar-refractivity contribution in [3.8, 4) is 0 Å². The van der Waals surface area contributed by atoms with Crippen molar-refractivity contribution in [3.05, 3.63) is 0 Å². The molecule has 0 bridgehead atoms. The maximum atomic E-state index is 5.31. The zero-order valence-electron chi connectivity index (χ0n) is 7.72. The van der Waals surface area contributed by atoms with Crippen LogP contribution in [0.2, 0.25) is 0 Å². The Balaban J connectivity index is 0.000000127. The molecule has 1 unspecified atom stereocenters. The van der Waals surface area contributed by atoms with Crippen molar-refractivity contribution in [2.24, 2.45) is 5.73 Å². The van der Waals surface area contributed by atoms with Crippen molar-refractivity contribution in [2.75, 3.05) is 26.2 Å². The fourth-order valence-electron chi connectivity index (χ4n) is 1.46. The van der Waals surface area contributed by atoms with Gasteiger partial charge in [-0.25, -0.2) is 0 Å². The smallest absolute Gasteiger partial charge is 0.0698 e. The first-order valence-corrected chi connectivity index (χ1v) is 4.96. The second-order valence-electron chi connectivity index (χ2n) is 3.33. The van der Waals surface area contributed by atoms with Crippen LogP contribution in [0.3, 0.4) is 0 Å². The van der Waals surface area contributed by atoms with Crippen LogP contribution < -0.4 is 11.1 Å². The molecule has 3 nitrogen and oxygen atoms in total. The van der Waals surface area contributed by atoms with E-state index in [1.165, 1.54) is 32.4 Å². The second kappa shape index (κ2) is 6.40. The van der Waals surface area contributed by atoms with Crippen molar-refractivity contribution in [1.82, 2.24) is 5.32 Å². The van der Waals surface area contributed by atoms with Crippen molar-refractivity contribution in [1.29, 1.82) is 0 Å². The minimum absolute atomic E-state index is 0.375. The van der Waals surface area contributed by atoms with Gasteiger partial charge in [-0.15, -0.1) is 0 Å². The molecule has 0 saturated carbocycles. The SMILES string of the molecule is C1CCNC1.NCC1CCCO1. The van der Waals surface area contributed by atoms with Crippen LogP contribution >= 0.6 is 0 Å². The number of rotatable bonds is 1. The number of hydrogen-bond donors (Lipinski definition) is 2. The minimum atomic E-state index is 0.375. The van der Waals surface area contributed by atoms with Crippen molar-refractivity contribution in [3.63, 3.8) is 0 Å². The molecule has 2 saturated heterocycles. The molecule has 0 radical (unpaired) electrons. The summed E-state index contributed by atoms with van der Waals surface area (Å²) in [6.07, 6.45) is 5.51. The van der Waals surface area contributed by atoms with E-state index >= 15 is 0 Å². The summed E-state index contributed by atoms with van der Waals surface area (Å²) in [5.74, 6) is 0. The van der Waals surface area contributed by atoms with Gasteiger partial charge in [-0.3, -0.25) is 0 Å². The van der Waals surface area contributed by atoms with Gasteiger partial charge in [-0.1, -0.05) is 0 Å². The maximum absolute atomic E-state index is 5.31. The van der Waals surface area contributed by atoms with E-state index in [0.29, 0.717) is 12.6 Å². The molecule has 2 heterocycles. The molecular formula is C9H20N2O. The summed E-state index contributed by atoms with van der Waals surface area (Å²) < 4.78 is 5.18. The molecule has 2 fully saturated rings. The highest BCUT2D eigenvalue weighted by Crippen LogP contribution is 2.09. The summed E-state index contributed by atoms with van der Waals surface area (Å²) in [4.78, 5) is 0. The summed E-state index contributed by atoms with van der Waals surface area (Å²) >= 11 is 0. The molecule has 0 amide bonds. The molecule has 0 spiro atoms. The van der Waals surface area contributed by atoms with Gasteiger partial charge in [0.1, 0.15) is 0 Å². The van der Waals surface area contributed by atoms with E-state index < -0.39 is 0 Å². The highest BCUT2D eigenvalue weighted by atomic mass is 16.5. The molecule has 2 aliphatic rings. The fourth-order valence-corrected chi connectivity index (χ4v) is 1.46. The van der Waals surface area contributed by atoms with Gasteiger partial charge in [0.05, 0.1) is 6.10 Å². The van der Waals surface area contributed by atoms with Crippen LogP contribution in [0.25, 0.3) is 0 Å². The number of ether oxygens (including phenoxy) is 1. The first-order chi connectivity index (χ1) is 5.93. The summed E-state index contributed by atoms with van der Waals surface area (Å²) in [5.41, 5.74) is 5.31. The first-order valence-electron chi connectivity index (χ1n) is 4.96. The third-order valence-corrected chi connectivity index (χ3v) is 2.24. The normalized spacial score (nSPS) is 28.2. The molecule has 2 aliphatic heterocycles. The van der Waals surface area contributed by atoms with E-state index in [1.807, 2.05) is 0 Å². The van der Waals surface area contributed by atoms with E-state index in [-0.39, 0.29) is 0 Å². The lowest BCUT2D eigenvalue weighted by atomic mass is 10.2. The predicted octanol–water partition coefficient (Wildman–Crippen LogP) is 0.494. The standard InChI is InChI=1S/C5H11NO.C4H9N/c6-4-5-2-1-3-7-5;1-2-4-5-3-1/h5H,1-4,6H2;5H,1-4H2. The van der Waals surface area contributed by atoms with Crippen molar-refractivity contribution in [2.45, 2.75) is 31.8 Å². The Bertz CT molecular complexity index is 91.1. The van der Waals surface area contributed by atoms with Gasteiger partial charge in [0.15, 0.2) is 0 Å². The topological polar surface area (TPSA) is 47.3 Å². The fraction of sp³-hybridized carbons (Fsp3) is 1.00. The van der Waals surface area contributed by atoms with Crippen molar-refractivity contribution >= 4 is 0 Å². The van der Waals surface area contributed by atoms with Gasteiger partial charge < -0.3 is 15.8 Å². The molecule has 3 heteroatoms. The molecule has 0 aromatic heterocycles. The van der Waals surface area contributed by atoms with E-state index in [1.54, 1.807) is 0 Å². The van der Waals surface area contributed by atoms with Crippen LogP contribution in [0.4, 0.5) is 0 Å². The van der Waals surface area contributed by atoms with E-state index in [2.05, 4.69) is 5.32 Å². The molecule has 1 atom stereocenters. The quantitative estimate of drug-likeness (QED) is 0.605. The molecule has 0 aromatic carbocycles. The monoisotopic (exact) mass is 172 g/mol. The summed E-state index contributed by atoms with van der Waals surface area (Å²) in [6, 6.07) is 0. The second-order valence-corrected chi connectivity index (χ2v) is 3.33. The summed E-state index contributed by atoms with van der Waals surface area (Å²) in [6.45, 7) is 4.11. The number of nitrogens with one attached hydrogen (secondary N) is 1. The van der Waals surface area contributed by atoms with Crippen molar-refractivity contribution < 1.29 is 4.74 Å². The Morgan fingerprint density at radius 3 is 2.25 bits per heavy atom. The van der Waals surface area contributed by atoms with Crippen LogP contribution in [-0.4, -0.2) is 32.3 Å². The van der Waals surface area contributed by atoms with Gasteiger partial charge in [0, 0.05) is 13.2 Å². The van der Waals surface area contributed by atoms with Crippen LogP contribution in [-0.2, 0) is 4.74 Å². The Labute approximate surface area is 74.7 Å². The van der Waals surface area contributed by atoms with Gasteiger partial charge in [0.25, 0.3) is 0 Å². The minimum Gasteiger partial charge on any atom is -0.377 e. The highest BCUT2D eigenvalue weighted by Gasteiger charge is 2.11. The van der Waals surface area contributed by atoms with E-state index in [4.69, 9.17) is 10.5 Å². The lowest BCUT2D eigenvalue weighted by molar-refractivity contribution is 0.117. The Morgan fingerprint density at radius 2 is 2.00 bits per heavy atom. The lowest BCUT2D eigenvalue weighted by Crippen LogP contribution is -2.17. The zero-order chi connectivity index (χ0) is 8.65. The van der Waals surface area contributed by atoms with Crippen LogP contribution in [0.1, 0.15) is 25.7 Å². The lowest BCUT2D eigenvalue weighted by Gasteiger charge is -2.01. The number of nitrogens with two attached hydrogens (primary N) is 1. The molecule has 12 heavy (non-hydrogen) atoms.